The van der Waals surface area contributed by atoms with E-state index in [1.54, 1.807) is 0 Å². The van der Waals surface area contributed by atoms with Gasteiger partial charge in [-0.15, -0.1) is 0 Å². The summed E-state index contributed by atoms with van der Waals surface area (Å²) in [5, 5.41) is 3.11. The molecule has 1 rings (SSSR count). The van der Waals surface area contributed by atoms with Crippen molar-refractivity contribution in [3.05, 3.63) is 0 Å². The number of nitrogens with one attached hydrogen (secondary N) is 1. The lowest BCUT2D eigenvalue weighted by atomic mass is 9.76. The van der Waals surface area contributed by atoms with E-state index in [0.717, 1.165) is 25.9 Å². The SMILES string of the molecule is CC1(NC(=O)CCC(CCN)C(C)(C)C)CCOC1. The lowest BCUT2D eigenvalue weighted by Gasteiger charge is -2.31. The molecule has 0 aromatic carbocycles. The van der Waals surface area contributed by atoms with Crippen LogP contribution in [0.15, 0.2) is 0 Å². The highest BCUT2D eigenvalue weighted by Crippen LogP contribution is 2.32. The number of carbonyl (C=O) groups is 1. The smallest absolute Gasteiger partial charge is 0.220 e. The number of rotatable bonds is 6. The topological polar surface area (TPSA) is 64.4 Å². The minimum absolute atomic E-state index is 0.138. The molecule has 0 spiro atoms. The molecule has 1 saturated heterocycles. The Balaban J connectivity index is 2.39. The molecule has 2 unspecified atom stereocenters. The highest BCUT2D eigenvalue weighted by molar-refractivity contribution is 5.76. The van der Waals surface area contributed by atoms with Crippen molar-refractivity contribution in [2.24, 2.45) is 17.1 Å². The van der Waals surface area contributed by atoms with Gasteiger partial charge in [0.1, 0.15) is 0 Å². The summed E-state index contributed by atoms with van der Waals surface area (Å²) in [7, 11) is 0. The number of hydrogen-bond donors (Lipinski definition) is 2. The summed E-state index contributed by atoms with van der Waals surface area (Å²) in [4.78, 5) is 12.0. The summed E-state index contributed by atoms with van der Waals surface area (Å²) in [6.45, 7) is 10.8. The van der Waals surface area contributed by atoms with Gasteiger partial charge in [0.05, 0.1) is 12.1 Å². The molecule has 2 atom stereocenters. The molecule has 3 N–H and O–H groups in total. The van der Waals surface area contributed by atoms with Crippen LogP contribution in [0.25, 0.3) is 0 Å². The largest absolute Gasteiger partial charge is 0.379 e. The third kappa shape index (κ3) is 5.49. The van der Waals surface area contributed by atoms with Crippen LogP contribution in [0, 0.1) is 11.3 Å². The van der Waals surface area contributed by atoms with E-state index in [-0.39, 0.29) is 16.9 Å². The highest BCUT2D eigenvalue weighted by Gasteiger charge is 2.31. The first-order valence-corrected chi connectivity index (χ1v) is 7.36. The molecule has 1 aliphatic heterocycles. The van der Waals surface area contributed by atoms with Crippen LogP contribution in [0.2, 0.25) is 0 Å². The molecule has 0 bridgehead atoms. The fraction of sp³-hybridized carbons (Fsp3) is 0.933. The lowest BCUT2D eigenvalue weighted by molar-refractivity contribution is -0.123. The van der Waals surface area contributed by atoms with E-state index in [0.29, 0.717) is 25.5 Å². The van der Waals surface area contributed by atoms with Gasteiger partial charge < -0.3 is 15.8 Å². The van der Waals surface area contributed by atoms with Gasteiger partial charge in [-0.1, -0.05) is 20.8 Å². The molecule has 0 aliphatic carbocycles. The van der Waals surface area contributed by atoms with Crippen molar-refractivity contribution in [1.29, 1.82) is 0 Å². The number of amides is 1. The molecule has 19 heavy (non-hydrogen) atoms. The van der Waals surface area contributed by atoms with Crippen LogP contribution in [0.3, 0.4) is 0 Å². The zero-order valence-electron chi connectivity index (χ0n) is 12.9. The van der Waals surface area contributed by atoms with Crippen LogP contribution in [0.5, 0.6) is 0 Å². The predicted octanol–water partition coefficient (Wildman–Crippen LogP) is 2.07. The van der Waals surface area contributed by atoms with E-state index in [2.05, 4.69) is 33.0 Å². The zero-order chi connectivity index (χ0) is 14.5. The van der Waals surface area contributed by atoms with Crippen molar-refractivity contribution in [3.8, 4) is 0 Å². The minimum Gasteiger partial charge on any atom is -0.379 e. The highest BCUT2D eigenvalue weighted by atomic mass is 16.5. The monoisotopic (exact) mass is 270 g/mol. The fourth-order valence-electron chi connectivity index (χ4n) is 2.68. The van der Waals surface area contributed by atoms with E-state index in [1.807, 2.05) is 0 Å². The van der Waals surface area contributed by atoms with Gasteiger partial charge in [0, 0.05) is 13.0 Å². The Bertz CT molecular complexity index is 291. The second-order valence-corrected chi connectivity index (χ2v) is 7.09. The molecule has 4 heteroatoms. The molecule has 0 saturated carbocycles. The second kappa shape index (κ2) is 6.71. The van der Waals surface area contributed by atoms with E-state index in [4.69, 9.17) is 10.5 Å². The van der Waals surface area contributed by atoms with Crippen LogP contribution in [0.1, 0.15) is 53.4 Å². The van der Waals surface area contributed by atoms with Crippen LogP contribution >= 0.6 is 0 Å². The fourth-order valence-corrected chi connectivity index (χ4v) is 2.68. The molecule has 0 radical (unpaired) electrons. The number of ether oxygens (including phenoxy) is 1. The Morgan fingerprint density at radius 2 is 2.11 bits per heavy atom. The second-order valence-electron chi connectivity index (χ2n) is 7.09. The van der Waals surface area contributed by atoms with Gasteiger partial charge in [0.15, 0.2) is 0 Å². The average molecular weight is 270 g/mol. The van der Waals surface area contributed by atoms with Crippen LogP contribution < -0.4 is 11.1 Å². The van der Waals surface area contributed by atoms with Crippen LogP contribution in [-0.2, 0) is 9.53 Å². The molecule has 0 aromatic heterocycles. The van der Waals surface area contributed by atoms with Crippen molar-refractivity contribution < 1.29 is 9.53 Å². The van der Waals surface area contributed by atoms with Gasteiger partial charge in [0.2, 0.25) is 5.91 Å². The number of nitrogens with two attached hydrogens (primary N) is 1. The quantitative estimate of drug-likeness (QED) is 0.776. The Morgan fingerprint density at radius 3 is 2.58 bits per heavy atom. The molecule has 1 heterocycles. The Morgan fingerprint density at radius 1 is 1.42 bits per heavy atom. The number of carbonyl (C=O) groups excluding carboxylic acids is 1. The standard InChI is InChI=1S/C15H30N2O2/c1-14(2,3)12(7-9-16)5-6-13(18)17-15(4)8-10-19-11-15/h12H,5-11,16H2,1-4H3,(H,17,18). The van der Waals surface area contributed by atoms with Gasteiger partial charge in [-0.2, -0.15) is 0 Å². The van der Waals surface area contributed by atoms with Crippen molar-refractivity contribution in [2.75, 3.05) is 19.8 Å². The summed E-state index contributed by atoms with van der Waals surface area (Å²) in [5.74, 6) is 0.634. The third-order valence-electron chi connectivity index (χ3n) is 4.12. The van der Waals surface area contributed by atoms with Crippen molar-refractivity contribution in [3.63, 3.8) is 0 Å². The van der Waals surface area contributed by atoms with E-state index < -0.39 is 0 Å². The lowest BCUT2D eigenvalue weighted by Crippen LogP contribution is -2.46. The van der Waals surface area contributed by atoms with E-state index in [1.165, 1.54) is 0 Å². The summed E-state index contributed by atoms with van der Waals surface area (Å²) >= 11 is 0. The molecule has 112 valence electrons. The maximum atomic E-state index is 12.0. The van der Waals surface area contributed by atoms with E-state index in [9.17, 15) is 4.79 Å². The predicted molar refractivity (Wildman–Crippen MR) is 77.8 cm³/mol. The van der Waals surface area contributed by atoms with Gasteiger partial charge >= 0.3 is 0 Å². The van der Waals surface area contributed by atoms with Crippen molar-refractivity contribution >= 4 is 5.91 Å². The Kier molecular flexibility index (Phi) is 5.81. The minimum atomic E-state index is -0.165. The van der Waals surface area contributed by atoms with Crippen LogP contribution in [0.4, 0.5) is 0 Å². The maximum Gasteiger partial charge on any atom is 0.220 e. The molecule has 1 fully saturated rings. The van der Waals surface area contributed by atoms with Gasteiger partial charge in [-0.05, 0) is 44.1 Å². The molecule has 1 aliphatic rings. The average Bonchev–Trinajstić information content (AvgIpc) is 2.69. The summed E-state index contributed by atoms with van der Waals surface area (Å²) < 4.78 is 5.35. The molecule has 1 amide bonds. The van der Waals surface area contributed by atoms with Gasteiger partial charge in [0.25, 0.3) is 0 Å². The van der Waals surface area contributed by atoms with Gasteiger partial charge in [-0.25, -0.2) is 0 Å². The molecular weight excluding hydrogens is 240 g/mol. The van der Waals surface area contributed by atoms with Crippen molar-refractivity contribution in [2.45, 2.75) is 58.9 Å². The van der Waals surface area contributed by atoms with Crippen LogP contribution in [-0.4, -0.2) is 31.2 Å². The Hall–Kier alpha value is -0.610. The molecular formula is C15H30N2O2. The normalized spacial score (nSPS) is 25.3. The summed E-state index contributed by atoms with van der Waals surface area (Å²) in [5.41, 5.74) is 5.71. The first-order valence-electron chi connectivity index (χ1n) is 7.36. The first kappa shape index (κ1) is 16.4. The zero-order valence-corrected chi connectivity index (χ0v) is 12.9. The summed E-state index contributed by atoms with van der Waals surface area (Å²) in [6.07, 6.45) is 3.38. The first-order chi connectivity index (χ1) is 8.77. The van der Waals surface area contributed by atoms with Gasteiger partial charge in [-0.3, -0.25) is 4.79 Å². The maximum absolute atomic E-state index is 12.0. The molecule has 4 nitrogen and oxygen atoms in total. The summed E-state index contributed by atoms with van der Waals surface area (Å²) in [6, 6.07) is 0. The van der Waals surface area contributed by atoms with E-state index >= 15 is 0 Å². The third-order valence-corrected chi connectivity index (χ3v) is 4.12. The number of hydrogen-bond acceptors (Lipinski definition) is 3. The van der Waals surface area contributed by atoms with Crippen molar-refractivity contribution in [1.82, 2.24) is 5.32 Å². The Labute approximate surface area is 117 Å². The molecule has 0 aromatic rings.